The molecule has 182 valence electrons. The van der Waals surface area contributed by atoms with Crippen molar-refractivity contribution in [2.24, 2.45) is 0 Å². The molecule has 34 heavy (non-hydrogen) atoms. The van der Waals surface area contributed by atoms with E-state index in [4.69, 9.17) is 4.74 Å². The molecule has 1 N–H and O–H groups in total. The van der Waals surface area contributed by atoms with Gasteiger partial charge in [-0.25, -0.2) is 4.39 Å². The van der Waals surface area contributed by atoms with E-state index >= 15 is 0 Å². The average molecular weight is 469 g/mol. The number of nitrogens with zero attached hydrogens (tertiary/aromatic N) is 2. The second kappa shape index (κ2) is 11.3. The number of aliphatic hydroxyl groups is 1. The molecule has 1 aliphatic rings. The average Bonchev–Trinajstić information content (AvgIpc) is 3.09. The Labute approximate surface area is 200 Å². The number of halogens is 1. The molecule has 2 aromatic rings. The summed E-state index contributed by atoms with van der Waals surface area (Å²) in [6.45, 7) is 11.0. The Bertz CT molecular complexity index is 1060. The number of likely N-dealkylation sites (tertiary alicyclic amines) is 1. The van der Waals surface area contributed by atoms with Gasteiger partial charge in [-0.05, 0) is 67.9 Å². The second-order valence-corrected chi connectivity index (χ2v) is 8.40. The van der Waals surface area contributed by atoms with E-state index in [0.29, 0.717) is 36.6 Å². The fraction of sp³-hybridized carbons (Fsp3) is 0.407. The van der Waals surface area contributed by atoms with Crippen LogP contribution in [0.3, 0.4) is 0 Å². The molecule has 0 spiro atoms. The number of rotatable bonds is 10. The highest BCUT2D eigenvalue weighted by Gasteiger charge is 2.46. The van der Waals surface area contributed by atoms with Crippen LogP contribution in [0.4, 0.5) is 4.39 Å². The van der Waals surface area contributed by atoms with Crippen molar-refractivity contribution in [2.45, 2.75) is 40.2 Å². The van der Waals surface area contributed by atoms with E-state index in [2.05, 4.69) is 4.90 Å². The van der Waals surface area contributed by atoms with Gasteiger partial charge in [0, 0.05) is 18.7 Å². The highest BCUT2D eigenvalue weighted by molar-refractivity contribution is 6.46. The molecular formula is C27H33FN2O4. The maximum absolute atomic E-state index is 13.6. The van der Waals surface area contributed by atoms with Gasteiger partial charge >= 0.3 is 0 Å². The fourth-order valence-electron chi connectivity index (χ4n) is 4.22. The molecule has 0 saturated carbocycles. The number of amides is 1. The zero-order valence-electron chi connectivity index (χ0n) is 20.3. The number of hydrogen-bond acceptors (Lipinski definition) is 5. The number of carbonyl (C=O) groups is 2. The van der Waals surface area contributed by atoms with E-state index < -0.39 is 23.5 Å². The summed E-state index contributed by atoms with van der Waals surface area (Å²) in [5.41, 5.74) is 1.82. The number of ketones is 1. The summed E-state index contributed by atoms with van der Waals surface area (Å²) in [6, 6.07) is 10.1. The van der Waals surface area contributed by atoms with Gasteiger partial charge in [-0.15, -0.1) is 0 Å². The summed E-state index contributed by atoms with van der Waals surface area (Å²) < 4.78 is 19.3. The third-order valence-corrected chi connectivity index (χ3v) is 6.19. The zero-order chi connectivity index (χ0) is 24.8. The van der Waals surface area contributed by atoms with Crippen LogP contribution >= 0.6 is 0 Å². The van der Waals surface area contributed by atoms with Gasteiger partial charge in [0.15, 0.2) is 0 Å². The van der Waals surface area contributed by atoms with Gasteiger partial charge < -0.3 is 19.6 Å². The number of aliphatic hydroxyl groups excluding tert-OH is 1. The molecule has 2 aromatic carbocycles. The summed E-state index contributed by atoms with van der Waals surface area (Å²) in [5, 5.41) is 11.2. The van der Waals surface area contributed by atoms with Crippen molar-refractivity contribution in [1.82, 2.24) is 9.80 Å². The maximum atomic E-state index is 13.6. The Kier molecular flexibility index (Phi) is 8.45. The van der Waals surface area contributed by atoms with Crippen LogP contribution in [-0.4, -0.2) is 59.4 Å². The van der Waals surface area contributed by atoms with E-state index in [9.17, 15) is 19.1 Å². The molecule has 1 atom stereocenters. The first-order chi connectivity index (χ1) is 16.3. The molecule has 1 aliphatic heterocycles. The van der Waals surface area contributed by atoms with Gasteiger partial charge in [0.2, 0.25) is 0 Å². The topological polar surface area (TPSA) is 70.1 Å². The fourth-order valence-corrected chi connectivity index (χ4v) is 4.22. The van der Waals surface area contributed by atoms with E-state index in [1.54, 1.807) is 30.3 Å². The van der Waals surface area contributed by atoms with Crippen LogP contribution in [0.2, 0.25) is 0 Å². The van der Waals surface area contributed by atoms with Crippen LogP contribution in [0.1, 0.15) is 49.9 Å². The van der Waals surface area contributed by atoms with Crippen molar-refractivity contribution in [1.29, 1.82) is 0 Å². The van der Waals surface area contributed by atoms with E-state index in [1.165, 1.54) is 17.0 Å². The highest BCUT2D eigenvalue weighted by atomic mass is 19.1. The first-order valence-corrected chi connectivity index (χ1v) is 11.8. The predicted octanol–water partition coefficient (Wildman–Crippen LogP) is 4.69. The molecule has 1 amide bonds. The second-order valence-electron chi connectivity index (χ2n) is 8.40. The van der Waals surface area contributed by atoms with Crippen molar-refractivity contribution >= 4 is 17.4 Å². The molecule has 0 aliphatic carbocycles. The van der Waals surface area contributed by atoms with E-state index in [-0.39, 0.29) is 11.3 Å². The van der Waals surface area contributed by atoms with E-state index in [1.807, 2.05) is 27.7 Å². The first-order valence-electron chi connectivity index (χ1n) is 11.8. The molecule has 0 radical (unpaired) electrons. The Hall–Kier alpha value is -3.19. The third-order valence-electron chi connectivity index (χ3n) is 6.19. The lowest BCUT2D eigenvalue weighted by atomic mass is 9.94. The van der Waals surface area contributed by atoms with Crippen molar-refractivity contribution in [3.63, 3.8) is 0 Å². The van der Waals surface area contributed by atoms with Crippen LogP contribution in [0, 0.1) is 12.7 Å². The monoisotopic (exact) mass is 468 g/mol. The lowest BCUT2D eigenvalue weighted by Crippen LogP contribution is -2.38. The van der Waals surface area contributed by atoms with Gasteiger partial charge in [0.1, 0.15) is 17.3 Å². The van der Waals surface area contributed by atoms with Crippen molar-refractivity contribution in [3.8, 4) is 5.75 Å². The van der Waals surface area contributed by atoms with Gasteiger partial charge in [0.25, 0.3) is 11.7 Å². The quantitative estimate of drug-likeness (QED) is 0.311. The molecule has 7 heteroatoms. The number of Topliss-reactive ketones (excluding diaryl/α,β-unsaturated/α-hetero) is 1. The molecule has 0 aromatic heterocycles. The van der Waals surface area contributed by atoms with Crippen LogP contribution in [0.25, 0.3) is 5.76 Å². The number of hydrogen-bond donors (Lipinski definition) is 1. The molecule has 1 fully saturated rings. The lowest BCUT2D eigenvalue weighted by Gasteiger charge is -2.28. The van der Waals surface area contributed by atoms with Crippen LogP contribution in [-0.2, 0) is 9.59 Å². The largest absolute Gasteiger partial charge is 0.507 e. The lowest BCUT2D eigenvalue weighted by molar-refractivity contribution is -0.140. The highest BCUT2D eigenvalue weighted by Crippen LogP contribution is 2.39. The molecule has 1 heterocycles. The normalized spacial score (nSPS) is 17.6. The molecule has 0 bridgehead atoms. The third kappa shape index (κ3) is 5.30. The van der Waals surface area contributed by atoms with Crippen LogP contribution < -0.4 is 4.74 Å². The summed E-state index contributed by atoms with van der Waals surface area (Å²) >= 11 is 0. The standard InChI is InChI=1S/C27H33FN2O4/c1-5-16-34-22-13-10-20(17-18(22)4)25(31)23-24(19-8-11-21(28)12-9-19)30(27(33)26(23)32)15-14-29(6-2)7-3/h8-13,17,24,31H,5-7,14-16H2,1-4H3/t24-/m1/s1. The number of carbonyl (C=O) groups excluding carboxylic acids is 2. The maximum Gasteiger partial charge on any atom is 0.295 e. The summed E-state index contributed by atoms with van der Waals surface area (Å²) in [5.74, 6) is -1.36. The SMILES string of the molecule is CCCOc1ccc(C(O)=C2C(=O)C(=O)N(CCN(CC)CC)[C@@H]2c2ccc(F)cc2)cc1C. The van der Waals surface area contributed by atoms with Crippen molar-refractivity contribution in [2.75, 3.05) is 32.8 Å². The number of benzene rings is 2. The molecule has 6 nitrogen and oxygen atoms in total. The smallest absolute Gasteiger partial charge is 0.295 e. The van der Waals surface area contributed by atoms with Crippen LogP contribution in [0.5, 0.6) is 5.75 Å². The Morgan fingerprint density at radius 1 is 1.09 bits per heavy atom. The van der Waals surface area contributed by atoms with Gasteiger partial charge in [0.05, 0.1) is 18.2 Å². The number of ether oxygens (including phenoxy) is 1. The summed E-state index contributed by atoms with van der Waals surface area (Å²) in [6.07, 6.45) is 0.871. The van der Waals surface area contributed by atoms with Crippen molar-refractivity contribution < 1.29 is 23.8 Å². The van der Waals surface area contributed by atoms with E-state index in [0.717, 1.165) is 25.1 Å². The number of likely N-dealkylation sites (N-methyl/N-ethyl adjacent to an activating group) is 1. The molecule has 3 rings (SSSR count). The molecular weight excluding hydrogens is 435 g/mol. The Morgan fingerprint density at radius 3 is 2.35 bits per heavy atom. The van der Waals surface area contributed by atoms with Gasteiger partial charge in [-0.2, -0.15) is 0 Å². The minimum atomic E-state index is -0.799. The summed E-state index contributed by atoms with van der Waals surface area (Å²) in [7, 11) is 0. The molecule has 1 saturated heterocycles. The minimum Gasteiger partial charge on any atom is -0.507 e. The first kappa shape index (κ1) is 25.4. The minimum absolute atomic E-state index is 0.0118. The number of aryl methyl sites for hydroxylation is 1. The summed E-state index contributed by atoms with van der Waals surface area (Å²) in [4.78, 5) is 29.8. The van der Waals surface area contributed by atoms with Gasteiger partial charge in [-0.3, -0.25) is 9.59 Å². The van der Waals surface area contributed by atoms with Crippen LogP contribution in [0.15, 0.2) is 48.0 Å². The van der Waals surface area contributed by atoms with Crippen molar-refractivity contribution in [3.05, 3.63) is 70.5 Å². The Balaban J connectivity index is 2.06. The zero-order valence-corrected chi connectivity index (χ0v) is 20.3. The predicted molar refractivity (Wildman–Crippen MR) is 130 cm³/mol. The Morgan fingerprint density at radius 2 is 1.76 bits per heavy atom. The van der Waals surface area contributed by atoms with Gasteiger partial charge in [-0.1, -0.05) is 32.9 Å². The molecule has 0 unspecified atom stereocenters.